The molecular formula is C14H16O3. The van der Waals surface area contributed by atoms with Crippen molar-refractivity contribution in [2.45, 2.75) is 26.7 Å². The van der Waals surface area contributed by atoms with Gasteiger partial charge in [-0.25, -0.2) is 0 Å². The van der Waals surface area contributed by atoms with Crippen LogP contribution in [0, 0.1) is 12.8 Å². The lowest BCUT2D eigenvalue weighted by molar-refractivity contribution is -0.139. The number of rotatable bonds is 3. The number of furan rings is 1. The predicted octanol–water partition coefficient (Wildman–Crippen LogP) is 3.57. The topological polar surface area (TPSA) is 50.4 Å². The molecule has 1 aromatic carbocycles. The highest BCUT2D eigenvalue weighted by Crippen LogP contribution is 2.35. The summed E-state index contributed by atoms with van der Waals surface area (Å²) in [6.07, 6.45) is 0. The lowest BCUT2D eigenvalue weighted by atomic mass is 9.87. The van der Waals surface area contributed by atoms with Crippen molar-refractivity contribution in [3.05, 3.63) is 35.6 Å². The van der Waals surface area contributed by atoms with Crippen LogP contribution in [0.15, 0.2) is 28.7 Å². The Balaban J connectivity index is 2.68. The van der Waals surface area contributed by atoms with Gasteiger partial charge in [0.25, 0.3) is 0 Å². The van der Waals surface area contributed by atoms with Gasteiger partial charge in [-0.05, 0) is 18.9 Å². The molecule has 0 aliphatic rings. The third kappa shape index (κ3) is 1.93. The van der Waals surface area contributed by atoms with Crippen molar-refractivity contribution >= 4 is 16.9 Å². The summed E-state index contributed by atoms with van der Waals surface area (Å²) in [7, 11) is 0. The minimum atomic E-state index is -0.797. The maximum atomic E-state index is 11.4. The highest BCUT2D eigenvalue weighted by molar-refractivity contribution is 5.89. The zero-order valence-electron chi connectivity index (χ0n) is 10.2. The Labute approximate surface area is 100 Å². The van der Waals surface area contributed by atoms with Crippen LogP contribution in [0.4, 0.5) is 0 Å². The average molecular weight is 232 g/mol. The van der Waals surface area contributed by atoms with Crippen molar-refractivity contribution in [3.8, 4) is 0 Å². The summed E-state index contributed by atoms with van der Waals surface area (Å²) in [5.41, 5.74) is 1.56. The standard InChI is InChI=1S/C14H16O3/c1-8(2)12(14(15)16)13-9(3)17-11-7-5-4-6-10(11)13/h4-8,12H,1-3H3,(H,15,16). The SMILES string of the molecule is Cc1oc2ccccc2c1C(C(=O)O)C(C)C. The monoisotopic (exact) mass is 232 g/mol. The van der Waals surface area contributed by atoms with Crippen LogP contribution in [0.2, 0.25) is 0 Å². The molecule has 0 spiro atoms. The number of para-hydroxylation sites is 1. The summed E-state index contributed by atoms with van der Waals surface area (Å²) < 4.78 is 5.62. The minimum absolute atomic E-state index is 0.0345. The molecule has 1 heterocycles. The van der Waals surface area contributed by atoms with Gasteiger partial charge in [0.15, 0.2) is 0 Å². The van der Waals surface area contributed by atoms with Gasteiger partial charge in [0, 0.05) is 10.9 Å². The molecule has 0 radical (unpaired) electrons. The Bertz CT molecular complexity index is 552. The second-order valence-electron chi connectivity index (χ2n) is 4.63. The van der Waals surface area contributed by atoms with Crippen molar-refractivity contribution in [3.63, 3.8) is 0 Å². The van der Waals surface area contributed by atoms with E-state index in [1.807, 2.05) is 45.0 Å². The third-order valence-electron chi connectivity index (χ3n) is 3.06. The average Bonchev–Trinajstić information content (AvgIpc) is 2.55. The van der Waals surface area contributed by atoms with Gasteiger partial charge >= 0.3 is 5.97 Å². The Morgan fingerprint density at radius 1 is 1.29 bits per heavy atom. The van der Waals surface area contributed by atoms with Gasteiger partial charge in [0.1, 0.15) is 11.3 Å². The molecule has 0 saturated heterocycles. The zero-order chi connectivity index (χ0) is 12.6. The van der Waals surface area contributed by atoms with Gasteiger partial charge in [0.05, 0.1) is 5.92 Å². The molecule has 1 atom stereocenters. The first-order chi connectivity index (χ1) is 8.02. The van der Waals surface area contributed by atoms with Crippen molar-refractivity contribution in [2.75, 3.05) is 0 Å². The summed E-state index contributed by atoms with van der Waals surface area (Å²) in [6, 6.07) is 7.57. The van der Waals surface area contributed by atoms with Gasteiger partial charge in [-0.15, -0.1) is 0 Å². The van der Waals surface area contributed by atoms with E-state index < -0.39 is 11.9 Å². The fourth-order valence-corrected chi connectivity index (χ4v) is 2.32. The van der Waals surface area contributed by atoms with E-state index in [9.17, 15) is 9.90 Å². The fraction of sp³-hybridized carbons (Fsp3) is 0.357. The lowest BCUT2D eigenvalue weighted by Crippen LogP contribution is -2.17. The van der Waals surface area contributed by atoms with E-state index in [2.05, 4.69) is 0 Å². The van der Waals surface area contributed by atoms with Crippen LogP contribution in [0.25, 0.3) is 11.0 Å². The molecule has 0 bridgehead atoms. The van der Waals surface area contributed by atoms with E-state index in [1.165, 1.54) is 0 Å². The normalized spacial score (nSPS) is 13.2. The molecule has 0 fully saturated rings. The molecule has 1 aromatic heterocycles. The second-order valence-corrected chi connectivity index (χ2v) is 4.63. The lowest BCUT2D eigenvalue weighted by Gasteiger charge is -2.15. The first-order valence-corrected chi connectivity index (χ1v) is 5.73. The molecule has 1 unspecified atom stereocenters. The van der Waals surface area contributed by atoms with E-state index >= 15 is 0 Å². The summed E-state index contributed by atoms with van der Waals surface area (Å²) in [5, 5.41) is 10.3. The highest BCUT2D eigenvalue weighted by Gasteiger charge is 2.29. The first kappa shape index (κ1) is 11.7. The maximum Gasteiger partial charge on any atom is 0.311 e. The molecule has 2 rings (SSSR count). The Morgan fingerprint density at radius 3 is 2.53 bits per heavy atom. The largest absolute Gasteiger partial charge is 0.481 e. The quantitative estimate of drug-likeness (QED) is 0.880. The van der Waals surface area contributed by atoms with Crippen LogP contribution in [-0.2, 0) is 4.79 Å². The minimum Gasteiger partial charge on any atom is -0.481 e. The van der Waals surface area contributed by atoms with Gasteiger partial charge < -0.3 is 9.52 Å². The van der Waals surface area contributed by atoms with Crippen LogP contribution >= 0.6 is 0 Å². The van der Waals surface area contributed by atoms with Crippen LogP contribution < -0.4 is 0 Å². The Kier molecular flexibility index (Phi) is 2.92. The van der Waals surface area contributed by atoms with Crippen LogP contribution in [-0.4, -0.2) is 11.1 Å². The van der Waals surface area contributed by atoms with Gasteiger partial charge in [0.2, 0.25) is 0 Å². The molecule has 1 N–H and O–H groups in total. The van der Waals surface area contributed by atoms with Crippen LogP contribution in [0.5, 0.6) is 0 Å². The van der Waals surface area contributed by atoms with Crippen LogP contribution in [0.1, 0.15) is 31.1 Å². The number of aliphatic carboxylic acids is 1. The number of hydrogen-bond acceptors (Lipinski definition) is 2. The molecule has 3 nitrogen and oxygen atoms in total. The summed E-state index contributed by atoms with van der Waals surface area (Å²) >= 11 is 0. The fourth-order valence-electron chi connectivity index (χ4n) is 2.32. The van der Waals surface area contributed by atoms with E-state index in [0.717, 1.165) is 16.5 Å². The summed E-state index contributed by atoms with van der Waals surface area (Å²) in [5.74, 6) is -0.576. The number of hydrogen-bond donors (Lipinski definition) is 1. The molecular weight excluding hydrogens is 216 g/mol. The van der Waals surface area contributed by atoms with Crippen molar-refractivity contribution in [2.24, 2.45) is 5.92 Å². The van der Waals surface area contributed by atoms with Crippen molar-refractivity contribution in [1.29, 1.82) is 0 Å². The number of carboxylic acid groups (broad SMARTS) is 1. The van der Waals surface area contributed by atoms with Gasteiger partial charge in [-0.1, -0.05) is 32.0 Å². The smallest absolute Gasteiger partial charge is 0.311 e. The summed E-state index contributed by atoms with van der Waals surface area (Å²) in [6.45, 7) is 5.66. The zero-order valence-corrected chi connectivity index (χ0v) is 10.2. The molecule has 0 aliphatic carbocycles. The molecule has 0 saturated carbocycles. The second kappa shape index (κ2) is 4.24. The Morgan fingerprint density at radius 2 is 1.94 bits per heavy atom. The van der Waals surface area contributed by atoms with E-state index in [0.29, 0.717) is 5.76 Å². The molecule has 0 amide bonds. The van der Waals surface area contributed by atoms with Crippen LogP contribution in [0.3, 0.4) is 0 Å². The molecule has 90 valence electrons. The first-order valence-electron chi connectivity index (χ1n) is 5.73. The summed E-state index contributed by atoms with van der Waals surface area (Å²) in [4.78, 5) is 11.4. The van der Waals surface area contributed by atoms with Crippen molar-refractivity contribution in [1.82, 2.24) is 0 Å². The Hall–Kier alpha value is -1.77. The van der Waals surface area contributed by atoms with Crippen molar-refractivity contribution < 1.29 is 14.3 Å². The number of fused-ring (bicyclic) bond motifs is 1. The van der Waals surface area contributed by atoms with E-state index in [-0.39, 0.29) is 5.92 Å². The molecule has 3 heteroatoms. The molecule has 2 aromatic rings. The maximum absolute atomic E-state index is 11.4. The third-order valence-corrected chi connectivity index (χ3v) is 3.06. The highest BCUT2D eigenvalue weighted by atomic mass is 16.4. The van der Waals surface area contributed by atoms with Gasteiger partial charge in [-0.2, -0.15) is 0 Å². The number of benzene rings is 1. The van der Waals surface area contributed by atoms with E-state index in [1.54, 1.807) is 0 Å². The number of carboxylic acids is 1. The van der Waals surface area contributed by atoms with Gasteiger partial charge in [-0.3, -0.25) is 4.79 Å². The van der Waals surface area contributed by atoms with E-state index in [4.69, 9.17) is 4.42 Å². The number of aryl methyl sites for hydroxylation is 1. The molecule has 0 aliphatic heterocycles. The number of carbonyl (C=O) groups is 1. The molecule has 17 heavy (non-hydrogen) atoms. The predicted molar refractivity (Wildman–Crippen MR) is 66.2 cm³/mol.